The Balaban J connectivity index is 1.97. The Bertz CT molecular complexity index is 426. The van der Waals surface area contributed by atoms with Gasteiger partial charge in [0, 0.05) is 6.04 Å². The molecule has 1 aromatic rings. The molecule has 92 valence electrons. The highest BCUT2D eigenvalue weighted by molar-refractivity contribution is 5.40. The van der Waals surface area contributed by atoms with E-state index in [1.54, 1.807) is 0 Å². The van der Waals surface area contributed by atoms with Crippen LogP contribution in [0.4, 0.5) is 0 Å². The average Bonchev–Trinajstić information content (AvgIpc) is 2.74. The highest BCUT2D eigenvalue weighted by Gasteiger charge is 2.45. The number of aryl methyl sites for hydroxylation is 2. The summed E-state index contributed by atoms with van der Waals surface area (Å²) in [5.41, 5.74) is 10.1. The highest BCUT2D eigenvalue weighted by atomic mass is 16.5. The van der Waals surface area contributed by atoms with E-state index in [0.717, 1.165) is 0 Å². The number of hydrogen-bond donors (Lipinski definition) is 2. The van der Waals surface area contributed by atoms with Crippen molar-refractivity contribution in [3.8, 4) is 0 Å². The van der Waals surface area contributed by atoms with E-state index in [4.69, 9.17) is 10.5 Å². The number of nitrogens with two attached hydrogens (primary N) is 1. The number of benzene rings is 1. The molecule has 3 N–H and O–H groups in total. The zero-order chi connectivity index (χ0) is 11.9. The Morgan fingerprint density at radius 1 is 1.29 bits per heavy atom. The van der Waals surface area contributed by atoms with E-state index >= 15 is 0 Å². The number of aliphatic hydroxyl groups is 1. The van der Waals surface area contributed by atoms with Gasteiger partial charge in [-0.3, -0.25) is 0 Å². The first kappa shape index (κ1) is 11.2. The lowest BCUT2D eigenvalue weighted by Gasteiger charge is -2.45. The van der Waals surface area contributed by atoms with Gasteiger partial charge in [0.1, 0.15) is 0 Å². The molecule has 0 aromatic heterocycles. The summed E-state index contributed by atoms with van der Waals surface area (Å²) in [6, 6.07) is 6.44. The molecule has 2 aliphatic rings. The molecule has 1 aliphatic heterocycles. The predicted octanol–water partition coefficient (Wildman–Crippen LogP) is 0.763. The maximum absolute atomic E-state index is 9.31. The number of aliphatic hydroxyl groups excluding tert-OH is 1. The Morgan fingerprint density at radius 2 is 2.06 bits per heavy atom. The van der Waals surface area contributed by atoms with E-state index in [1.165, 1.54) is 36.0 Å². The molecule has 1 aliphatic carbocycles. The minimum atomic E-state index is -0.226. The summed E-state index contributed by atoms with van der Waals surface area (Å²) in [6.45, 7) is 1.28. The van der Waals surface area contributed by atoms with Gasteiger partial charge in [0.2, 0.25) is 0 Å². The molecule has 3 heteroatoms. The first-order valence-electron chi connectivity index (χ1n) is 6.33. The highest BCUT2D eigenvalue weighted by Crippen LogP contribution is 2.37. The van der Waals surface area contributed by atoms with Crippen LogP contribution in [0.15, 0.2) is 18.2 Å². The molecule has 0 saturated carbocycles. The van der Waals surface area contributed by atoms with E-state index < -0.39 is 0 Å². The van der Waals surface area contributed by atoms with Gasteiger partial charge < -0.3 is 15.6 Å². The molecule has 3 rings (SSSR count). The van der Waals surface area contributed by atoms with Crippen LogP contribution in [0.1, 0.15) is 23.1 Å². The van der Waals surface area contributed by atoms with Gasteiger partial charge in [-0.15, -0.1) is 0 Å². The molecule has 3 nitrogen and oxygen atoms in total. The van der Waals surface area contributed by atoms with Crippen LogP contribution in [0, 0.1) is 0 Å². The predicted molar refractivity (Wildman–Crippen MR) is 66.0 cm³/mol. The van der Waals surface area contributed by atoms with Gasteiger partial charge in [-0.1, -0.05) is 18.2 Å². The maximum atomic E-state index is 9.31. The third kappa shape index (κ3) is 1.61. The lowest BCUT2D eigenvalue weighted by Crippen LogP contribution is -2.60. The van der Waals surface area contributed by atoms with E-state index in [2.05, 4.69) is 18.2 Å². The molecule has 1 unspecified atom stereocenters. The fourth-order valence-corrected chi connectivity index (χ4v) is 2.97. The second-order valence-electron chi connectivity index (χ2n) is 5.28. The molecule has 0 bridgehead atoms. The SMILES string of the molecule is NC(CO)C1(c2ccc3c(c2)CCC3)COC1. The standard InChI is InChI=1S/C14H19NO2/c15-13(7-16)14(8-17-9-14)12-5-4-10-2-1-3-11(10)6-12/h4-6,13,16H,1-3,7-9,15H2. The van der Waals surface area contributed by atoms with E-state index in [9.17, 15) is 5.11 Å². The Kier molecular flexibility index (Phi) is 2.69. The van der Waals surface area contributed by atoms with Crippen molar-refractivity contribution in [2.24, 2.45) is 5.73 Å². The summed E-state index contributed by atoms with van der Waals surface area (Å²) in [5, 5.41) is 9.31. The molecule has 0 amide bonds. The maximum Gasteiger partial charge on any atom is 0.0601 e. The average molecular weight is 233 g/mol. The van der Waals surface area contributed by atoms with Gasteiger partial charge in [-0.05, 0) is 36.0 Å². The van der Waals surface area contributed by atoms with Crippen molar-refractivity contribution in [1.82, 2.24) is 0 Å². The van der Waals surface area contributed by atoms with Crippen molar-refractivity contribution in [3.05, 3.63) is 34.9 Å². The monoisotopic (exact) mass is 233 g/mol. The van der Waals surface area contributed by atoms with Gasteiger partial charge in [-0.25, -0.2) is 0 Å². The molecule has 1 fully saturated rings. The van der Waals surface area contributed by atoms with Crippen molar-refractivity contribution < 1.29 is 9.84 Å². The van der Waals surface area contributed by atoms with Gasteiger partial charge in [0.15, 0.2) is 0 Å². The molecular weight excluding hydrogens is 214 g/mol. The second kappa shape index (κ2) is 4.09. The fraction of sp³-hybridized carbons (Fsp3) is 0.571. The van der Waals surface area contributed by atoms with Crippen LogP contribution in [0.2, 0.25) is 0 Å². The molecule has 1 aromatic carbocycles. The molecule has 1 atom stereocenters. The van der Waals surface area contributed by atoms with Crippen LogP contribution in [-0.2, 0) is 23.0 Å². The molecule has 1 saturated heterocycles. The van der Waals surface area contributed by atoms with E-state index in [1.807, 2.05) is 0 Å². The van der Waals surface area contributed by atoms with Crippen molar-refractivity contribution in [2.75, 3.05) is 19.8 Å². The first-order valence-corrected chi connectivity index (χ1v) is 6.33. The number of fused-ring (bicyclic) bond motifs is 1. The molecule has 1 heterocycles. The van der Waals surface area contributed by atoms with Gasteiger partial charge in [-0.2, -0.15) is 0 Å². The van der Waals surface area contributed by atoms with E-state index in [-0.39, 0.29) is 18.1 Å². The topological polar surface area (TPSA) is 55.5 Å². The van der Waals surface area contributed by atoms with Crippen LogP contribution in [-0.4, -0.2) is 31.0 Å². The van der Waals surface area contributed by atoms with Crippen LogP contribution >= 0.6 is 0 Å². The molecule has 17 heavy (non-hydrogen) atoms. The quantitative estimate of drug-likeness (QED) is 0.810. The summed E-state index contributed by atoms with van der Waals surface area (Å²) in [4.78, 5) is 0. The van der Waals surface area contributed by atoms with Gasteiger partial charge >= 0.3 is 0 Å². The number of rotatable bonds is 3. The summed E-state index contributed by atoms with van der Waals surface area (Å²) < 4.78 is 5.34. The normalized spacial score (nSPS) is 22.9. The number of hydrogen-bond acceptors (Lipinski definition) is 3. The largest absolute Gasteiger partial charge is 0.395 e. The van der Waals surface area contributed by atoms with Crippen molar-refractivity contribution in [2.45, 2.75) is 30.7 Å². The first-order chi connectivity index (χ1) is 8.26. The Labute approximate surface area is 102 Å². The number of ether oxygens (including phenoxy) is 1. The van der Waals surface area contributed by atoms with Crippen LogP contribution in [0.5, 0.6) is 0 Å². The third-order valence-corrected chi connectivity index (χ3v) is 4.30. The minimum Gasteiger partial charge on any atom is -0.395 e. The summed E-state index contributed by atoms with van der Waals surface area (Å²) in [5.74, 6) is 0. The third-order valence-electron chi connectivity index (χ3n) is 4.30. The van der Waals surface area contributed by atoms with Crippen LogP contribution in [0.25, 0.3) is 0 Å². The zero-order valence-corrected chi connectivity index (χ0v) is 9.98. The van der Waals surface area contributed by atoms with Crippen molar-refractivity contribution in [1.29, 1.82) is 0 Å². The molecule has 0 spiro atoms. The fourth-order valence-electron chi connectivity index (χ4n) is 2.97. The molecular formula is C14H19NO2. The zero-order valence-electron chi connectivity index (χ0n) is 9.98. The van der Waals surface area contributed by atoms with Gasteiger partial charge in [0.25, 0.3) is 0 Å². The lowest BCUT2D eigenvalue weighted by molar-refractivity contribution is -0.0798. The lowest BCUT2D eigenvalue weighted by atomic mass is 9.72. The van der Waals surface area contributed by atoms with Crippen LogP contribution < -0.4 is 5.73 Å². The second-order valence-corrected chi connectivity index (χ2v) is 5.28. The summed E-state index contributed by atoms with van der Waals surface area (Å²) in [7, 11) is 0. The minimum absolute atomic E-state index is 0.0143. The van der Waals surface area contributed by atoms with Crippen molar-refractivity contribution >= 4 is 0 Å². The summed E-state index contributed by atoms with van der Waals surface area (Å²) >= 11 is 0. The Hall–Kier alpha value is -0.900. The van der Waals surface area contributed by atoms with Gasteiger partial charge in [0.05, 0.1) is 25.2 Å². The van der Waals surface area contributed by atoms with E-state index in [0.29, 0.717) is 13.2 Å². The Morgan fingerprint density at radius 3 is 2.71 bits per heavy atom. The smallest absolute Gasteiger partial charge is 0.0601 e. The van der Waals surface area contributed by atoms with Crippen molar-refractivity contribution in [3.63, 3.8) is 0 Å². The van der Waals surface area contributed by atoms with Crippen LogP contribution in [0.3, 0.4) is 0 Å². The summed E-state index contributed by atoms with van der Waals surface area (Å²) in [6.07, 6.45) is 3.63. The molecule has 0 radical (unpaired) electrons.